The average molecular weight is 503 g/mol. The summed E-state index contributed by atoms with van der Waals surface area (Å²) in [5, 5.41) is 0. The van der Waals surface area contributed by atoms with Gasteiger partial charge < -0.3 is 23.7 Å². The first-order chi connectivity index (χ1) is 17.7. The lowest BCUT2D eigenvalue weighted by atomic mass is 10.3. The molecule has 2 aromatic heterocycles. The first kappa shape index (κ1) is 28.1. The Kier molecular flexibility index (Phi) is 13.3. The van der Waals surface area contributed by atoms with Crippen LogP contribution < -0.4 is 0 Å². The molecule has 2 aromatic rings. The number of hydrogen-bond donors (Lipinski definition) is 0. The molecule has 3 heterocycles. The lowest BCUT2D eigenvalue weighted by Crippen LogP contribution is -2.33. The maximum Gasteiger partial charge on any atom is 0.356 e. The van der Waals surface area contributed by atoms with E-state index in [2.05, 4.69) is 19.8 Å². The molecule has 0 amide bonds. The number of rotatable bonds is 5. The highest BCUT2D eigenvalue weighted by Gasteiger charge is 2.12. The molecule has 198 valence electrons. The van der Waals surface area contributed by atoms with E-state index < -0.39 is 5.97 Å². The molecule has 0 atom stereocenters. The molecule has 0 bridgehead atoms. The molecule has 0 aliphatic carbocycles. The number of carbonyl (C=O) groups is 1. The third-order valence-corrected chi connectivity index (χ3v) is 5.65. The van der Waals surface area contributed by atoms with E-state index in [1.165, 1.54) is 7.11 Å². The van der Waals surface area contributed by atoms with Crippen LogP contribution in [-0.2, 0) is 36.8 Å². The molecule has 10 nitrogen and oxygen atoms in total. The number of hydrogen-bond acceptors (Lipinski definition) is 10. The Hall–Kier alpha value is -2.47. The van der Waals surface area contributed by atoms with Gasteiger partial charge in [-0.3, -0.25) is 14.8 Å². The number of pyridine rings is 2. The van der Waals surface area contributed by atoms with E-state index in [-0.39, 0.29) is 0 Å². The van der Waals surface area contributed by atoms with Gasteiger partial charge in [-0.1, -0.05) is 12.1 Å². The Morgan fingerprint density at radius 1 is 0.750 bits per heavy atom. The van der Waals surface area contributed by atoms with E-state index in [1.807, 2.05) is 36.5 Å². The van der Waals surface area contributed by atoms with E-state index in [4.69, 9.17) is 23.7 Å². The molecule has 0 radical (unpaired) electrons. The number of ether oxygens (including phenoxy) is 5. The van der Waals surface area contributed by atoms with Gasteiger partial charge in [-0.15, -0.1) is 0 Å². The number of nitrogens with zero attached hydrogens (tertiary/aromatic N) is 4. The molecule has 0 aromatic carbocycles. The van der Waals surface area contributed by atoms with Gasteiger partial charge in [0.25, 0.3) is 0 Å². The van der Waals surface area contributed by atoms with Crippen LogP contribution >= 0.6 is 0 Å². The van der Waals surface area contributed by atoms with Gasteiger partial charge in [0, 0.05) is 45.5 Å². The normalized spacial score (nSPS) is 18.7. The summed E-state index contributed by atoms with van der Waals surface area (Å²) < 4.78 is 28.0. The zero-order valence-electron chi connectivity index (χ0n) is 21.2. The molecule has 1 fully saturated rings. The quantitative estimate of drug-likeness (QED) is 0.562. The Morgan fingerprint density at radius 2 is 1.28 bits per heavy atom. The molecule has 1 aliphatic heterocycles. The fourth-order valence-electron chi connectivity index (χ4n) is 3.69. The van der Waals surface area contributed by atoms with E-state index in [9.17, 15) is 4.79 Å². The molecule has 1 aliphatic rings. The predicted octanol–water partition coefficient (Wildman–Crippen LogP) is 1.65. The van der Waals surface area contributed by atoms with Crippen molar-refractivity contribution in [1.82, 2.24) is 19.8 Å². The minimum absolute atomic E-state index is 0.303. The maximum atomic E-state index is 11.8. The van der Waals surface area contributed by atoms with Gasteiger partial charge in [-0.2, -0.15) is 0 Å². The summed E-state index contributed by atoms with van der Waals surface area (Å²) in [6.45, 7) is 8.86. The van der Waals surface area contributed by atoms with Crippen molar-refractivity contribution in [2.75, 3.05) is 86.1 Å². The van der Waals surface area contributed by atoms with E-state index in [1.54, 1.807) is 6.07 Å². The van der Waals surface area contributed by atoms with Crippen molar-refractivity contribution in [3.8, 4) is 0 Å². The Morgan fingerprint density at radius 3 is 1.78 bits per heavy atom. The number of aromatic nitrogens is 2. The van der Waals surface area contributed by atoms with Crippen LogP contribution in [0, 0.1) is 0 Å². The molecule has 0 unspecified atom stereocenters. The molecule has 0 saturated carbocycles. The summed E-state index contributed by atoms with van der Waals surface area (Å²) in [6, 6.07) is 11.3. The first-order valence-corrected chi connectivity index (χ1v) is 12.4. The van der Waals surface area contributed by atoms with Crippen molar-refractivity contribution in [1.29, 1.82) is 0 Å². The van der Waals surface area contributed by atoms with Crippen molar-refractivity contribution in [3.05, 3.63) is 59.7 Å². The Bertz CT molecular complexity index is 853. The van der Waals surface area contributed by atoms with Crippen LogP contribution in [0.15, 0.2) is 42.6 Å². The SMILES string of the molecule is COC(=O)c1cccc(CN2CCOCCOCCN(Cc3ccccn3)CCOCCOCC2)n1. The van der Waals surface area contributed by atoms with Crippen molar-refractivity contribution >= 4 is 5.97 Å². The summed E-state index contributed by atoms with van der Waals surface area (Å²) in [6.07, 6.45) is 1.82. The van der Waals surface area contributed by atoms with Crippen LogP contribution in [0.3, 0.4) is 0 Å². The second-order valence-corrected chi connectivity index (χ2v) is 8.33. The molecule has 36 heavy (non-hydrogen) atoms. The Labute approximate surface area is 213 Å². The summed E-state index contributed by atoms with van der Waals surface area (Å²) in [4.78, 5) is 25.1. The van der Waals surface area contributed by atoms with E-state index in [0.717, 1.165) is 31.0 Å². The topological polar surface area (TPSA) is 95.5 Å². The van der Waals surface area contributed by atoms with Gasteiger partial charge in [0.2, 0.25) is 0 Å². The van der Waals surface area contributed by atoms with Crippen LogP contribution in [0.5, 0.6) is 0 Å². The first-order valence-electron chi connectivity index (χ1n) is 12.4. The van der Waals surface area contributed by atoms with Crippen LogP contribution in [-0.4, -0.2) is 112 Å². The van der Waals surface area contributed by atoms with Gasteiger partial charge in [0.05, 0.1) is 71.4 Å². The molecule has 0 spiro atoms. The van der Waals surface area contributed by atoms with Gasteiger partial charge in [-0.25, -0.2) is 9.78 Å². The highest BCUT2D eigenvalue weighted by atomic mass is 16.5. The second-order valence-electron chi connectivity index (χ2n) is 8.33. The van der Waals surface area contributed by atoms with Crippen molar-refractivity contribution < 1.29 is 28.5 Å². The van der Waals surface area contributed by atoms with Crippen LogP contribution in [0.2, 0.25) is 0 Å². The summed E-state index contributed by atoms with van der Waals surface area (Å²) in [5.74, 6) is -0.442. The molecule has 0 N–H and O–H groups in total. The highest BCUT2D eigenvalue weighted by Crippen LogP contribution is 2.06. The lowest BCUT2D eigenvalue weighted by molar-refractivity contribution is 0.00598. The molecular weight excluding hydrogens is 464 g/mol. The molecule has 3 rings (SSSR count). The van der Waals surface area contributed by atoms with Gasteiger partial charge in [0.1, 0.15) is 5.69 Å². The zero-order chi connectivity index (χ0) is 25.3. The summed E-state index contributed by atoms with van der Waals surface area (Å²) >= 11 is 0. The van der Waals surface area contributed by atoms with Crippen LogP contribution in [0.1, 0.15) is 21.9 Å². The summed E-state index contributed by atoms with van der Waals surface area (Å²) in [5.41, 5.74) is 2.13. The number of methoxy groups -OCH3 is 1. The van der Waals surface area contributed by atoms with Crippen molar-refractivity contribution in [3.63, 3.8) is 0 Å². The van der Waals surface area contributed by atoms with Crippen molar-refractivity contribution in [2.45, 2.75) is 13.1 Å². The van der Waals surface area contributed by atoms with Crippen molar-refractivity contribution in [2.24, 2.45) is 0 Å². The minimum atomic E-state index is -0.442. The molecule has 10 heteroatoms. The third-order valence-electron chi connectivity index (χ3n) is 5.65. The maximum absolute atomic E-state index is 11.8. The molecule has 1 saturated heterocycles. The second kappa shape index (κ2) is 17.1. The molecular formula is C26H38N4O6. The fourth-order valence-corrected chi connectivity index (χ4v) is 3.69. The monoisotopic (exact) mass is 502 g/mol. The average Bonchev–Trinajstić information content (AvgIpc) is 2.91. The predicted molar refractivity (Wildman–Crippen MR) is 134 cm³/mol. The van der Waals surface area contributed by atoms with Gasteiger partial charge >= 0.3 is 5.97 Å². The lowest BCUT2D eigenvalue weighted by Gasteiger charge is -2.23. The largest absolute Gasteiger partial charge is 0.464 e. The number of carbonyl (C=O) groups excluding carboxylic acids is 1. The standard InChI is InChI=1S/C26H38N4O6/c1-32-26(31)25-7-4-6-24(28-25)22-30-11-15-35-19-17-33-13-9-29(21-23-5-2-3-8-27-23)10-14-34-18-20-36-16-12-30/h2-8H,9-22H2,1H3. The van der Waals surface area contributed by atoms with Crippen LogP contribution in [0.4, 0.5) is 0 Å². The van der Waals surface area contributed by atoms with Gasteiger partial charge in [0.15, 0.2) is 0 Å². The van der Waals surface area contributed by atoms with E-state index in [0.29, 0.717) is 78.2 Å². The fraction of sp³-hybridized carbons (Fsp3) is 0.577. The van der Waals surface area contributed by atoms with Crippen LogP contribution in [0.25, 0.3) is 0 Å². The summed E-state index contributed by atoms with van der Waals surface area (Å²) in [7, 11) is 1.35. The Balaban J connectivity index is 1.47. The number of esters is 1. The minimum Gasteiger partial charge on any atom is -0.464 e. The third kappa shape index (κ3) is 11.1. The highest BCUT2D eigenvalue weighted by molar-refractivity contribution is 5.87. The van der Waals surface area contributed by atoms with E-state index >= 15 is 0 Å². The zero-order valence-corrected chi connectivity index (χ0v) is 21.2. The smallest absolute Gasteiger partial charge is 0.356 e. The van der Waals surface area contributed by atoms with Gasteiger partial charge in [-0.05, 0) is 24.3 Å².